The highest BCUT2D eigenvalue weighted by molar-refractivity contribution is 5.86. The number of ether oxygens (including phenoxy) is 2. The quantitative estimate of drug-likeness (QED) is 0.614. The molecular weight excluding hydrogens is 234 g/mol. The Morgan fingerprint density at radius 1 is 1.28 bits per heavy atom. The normalized spacial score (nSPS) is 29.4. The number of nitrogens with one attached hydrogen (secondary N) is 1. The third-order valence-corrected chi connectivity index (χ3v) is 3.54. The molecular formula is C12H23N3O3. The SMILES string of the molecule is NC1(C(=O)NCCCN2CCOCC2)CCOC1. The van der Waals surface area contributed by atoms with E-state index in [-0.39, 0.29) is 5.91 Å². The van der Waals surface area contributed by atoms with Crippen LogP contribution >= 0.6 is 0 Å². The Morgan fingerprint density at radius 3 is 2.72 bits per heavy atom. The number of hydrogen-bond donors (Lipinski definition) is 2. The fraction of sp³-hybridized carbons (Fsp3) is 0.917. The maximum atomic E-state index is 11.9. The summed E-state index contributed by atoms with van der Waals surface area (Å²) >= 11 is 0. The lowest BCUT2D eigenvalue weighted by atomic mass is 9.99. The van der Waals surface area contributed by atoms with Gasteiger partial charge in [0.15, 0.2) is 0 Å². The van der Waals surface area contributed by atoms with Gasteiger partial charge in [0.25, 0.3) is 0 Å². The lowest BCUT2D eigenvalue weighted by Gasteiger charge is -2.26. The summed E-state index contributed by atoms with van der Waals surface area (Å²) in [6, 6.07) is 0. The zero-order valence-electron chi connectivity index (χ0n) is 10.8. The highest BCUT2D eigenvalue weighted by Crippen LogP contribution is 2.15. The Morgan fingerprint density at radius 2 is 2.06 bits per heavy atom. The van der Waals surface area contributed by atoms with Crippen LogP contribution in [0.3, 0.4) is 0 Å². The molecule has 2 aliphatic rings. The average Bonchev–Trinajstić information content (AvgIpc) is 2.84. The first-order valence-corrected chi connectivity index (χ1v) is 6.66. The third kappa shape index (κ3) is 3.65. The van der Waals surface area contributed by atoms with Crippen LogP contribution in [0.2, 0.25) is 0 Å². The van der Waals surface area contributed by atoms with Crippen LogP contribution in [0.4, 0.5) is 0 Å². The van der Waals surface area contributed by atoms with Crippen LogP contribution in [0.15, 0.2) is 0 Å². The minimum Gasteiger partial charge on any atom is -0.379 e. The number of amides is 1. The first-order valence-electron chi connectivity index (χ1n) is 6.66. The van der Waals surface area contributed by atoms with E-state index in [9.17, 15) is 4.79 Å². The molecule has 2 aliphatic heterocycles. The van der Waals surface area contributed by atoms with Gasteiger partial charge in [-0.25, -0.2) is 0 Å². The zero-order valence-corrected chi connectivity index (χ0v) is 10.8. The second kappa shape index (κ2) is 6.47. The number of carbonyl (C=O) groups is 1. The van der Waals surface area contributed by atoms with E-state index in [0.717, 1.165) is 39.3 Å². The molecule has 0 saturated carbocycles. The summed E-state index contributed by atoms with van der Waals surface area (Å²) in [6.45, 7) is 6.20. The highest BCUT2D eigenvalue weighted by atomic mass is 16.5. The number of rotatable bonds is 5. The second-order valence-corrected chi connectivity index (χ2v) is 5.02. The average molecular weight is 257 g/mol. The summed E-state index contributed by atoms with van der Waals surface area (Å²) in [7, 11) is 0. The first kappa shape index (κ1) is 13.7. The molecule has 0 bridgehead atoms. The fourth-order valence-electron chi connectivity index (χ4n) is 2.27. The summed E-state index contributed by atoms with van der Waals surface area (Å²) in [5.41, 5.74) is 5.16. The largest absolute Gasteiger partial charge is 0.379 e. The molecule has 0 aromatic carbocycles. The maximum absolute atomic E-state index is 11.9. The van der Waals surface area contributed by atoms with Crippen LogP contribution in [0, 0.1) is 0 Å². The molecule has 1 atom stereocenters. The summed E-state index contributed by atoms with van der Waals surface area (Å²) in [5.74, 6) is -0.0815. The molecule has 18 heavy (non-hydrogen) atoms. The zero-order chi connectivity index (χ0) is 12.8. The van der Waals surface area contributed by atoms with Crippen LogP contribution in [-0.4, -0.2) is 69.0 Å². The lowest BCUT2D eigenvalue weighted by Crippen LogP contribution is -2.54. The smallest absolute Gasteiger partial charge is 0.242 e. The monoisotopic (exact) mass is 257 g/mol. The molecule has 3 N–H and O–H groups in total. The molecule has 2 rings (SSSR count). The number of nitrogens with two attached hydrogens (primary N) is 1. The minimum absolute atomic E-state index is 0.0815. The molecule has 6 heteroatoms. The molecule has 1 amide bonds. The Kier molecular flexibility index (Phi) is 4.94. The third-order valence-electron chi connectivity index (χ3n) is 3.54. The van der Waals surface area contributed by atoms with Gasteiger partial charge >= 0.3 is 0 Å². The van der Waals surface area contributed by atoms with E-state index in [1.165, 1.54) is 0 Å². The first-order chi connectivity index (χ1) is 8.71. The van der Waals surface area contributed by atoms with Gasteiger partial charge in [-0.15, -0.1) is 0 Å². The maximum Gasteiger partial charge on any atom is 0.242 e. The van der Waals surface area contributed by atoms with Gasteiger partial charge in [-0.2, -0.15) is 0 Å². The van der Waals surface area contributed by atoms with Gasteiger partial charge in [-0.05, 0) is 19.4 Å². The molecule has 0 aliphatic carbocycles. The number of nitrogens with zero attached hydrogens (tertiary/aromatic N) is 1. The van der Waals surface area contributed by atoms with Crippen molar-refractivity contribution in [2.45, 2.75) is 18.4 Å². The topological polar surface area (TPSA) is 76.8 Å². The van der Waals surface area contributed by atoms with Crippen molar-refractivity contribution in [1.82, 2.24) is 10.2 Å². The predicted molar refractivity (Wildman–Crippen MR) is 67.2 cm³/mol. The van der Waals surface area contributed by atoms with Crippen LogP contribution in [0.1, 0.15) is 12.8 Å². The Hall–Kier alpha value is -0.690. The predicted octanol–water partition coefficient (Wildman–Crippen LogP) is -1.06. The van der Waals surface area contributed by atoms with Gasteiger partial charge < -0.3 is 20.5 Å². The van der Waals surface area contributed by atoms with Crippen molar-refractivity contribution in [3.8, 4) is 0 Å². The Bertz CT molecular complexity index is 274. The summed E-state index contributed by atoms with van der Waals surface area (Å²) < 4.78 is 10.5. The summed E-state index contributed by atoms with van der Waals surface area (Å²) in [4.78, 5) is 14.2. The van der Waals surface area contributed by atoms with E-state index >= 15 is 0 Å². The van der Waals surface area contributed by atoms with E-state index in [4.69, 9.17) is 15.2 Å². The second-order valence-electron chi connectivity index (χ2n) is 5.02. The highest BCUT2D eigenvalue weighted by Gasteiger charge is 2.37. The fourth-order valence-corrected chi connectivity index (χ4v) is 2.27. The van der Waals surface area contributed by atoms with Gasteiger partial charge in [0.2, 0.25) is 5.91 Å². The van der Waals surface area contributed by atoms with Gasteiger partial charge in [0, 0.05) is 26.2 Å². The van der Waals surface area contributed by atoms with Gasteiger partial charge in [-0.3, -0.25) is 9.69 Å². The Balaban J connectivity index is 1.58. The van der Waals surface area contributed by atoms with Crippen molar-refractivity contribution in [2.75, 3.05) is 52.6 Å². The molecule has 104 valence electrons. The summed E-state index contributed by atoms with van der Waals surface area (Å²) in [6.07, 6.45) is 1.56. The van der Waals surface area contributed by atoms with Gasteiger partial charge in [-0.1, -0.05) is 0 Å². The molecule has 2 fully saturated rings. The lowest BCUT2D eigenvalue weighted by molar-refractivity contribution is -0.126. The minimum atomic E-state index is -0.807. The molecule has 2 saturated heterocycles. The molecule has 0 aromatic rings. The number of hydrogen-bond acceptors (Lipinski definition) is 5. The molecule has 1 unspecified atom stereocenters. The van der Waals surface area contributed by atoms with Gasteiger partial charge in [0.1, 0.15) is 5.54 Å². The number of carbonyl (C=O) groups excluding carboxylic acids is 1. The van der Waals surface area contributed by atoms with E-state index in [2.05, 4.69) is 10.2 Å². The van der Waals surface area contributed by atoms with Crippen LogP contribution in [0.5, 0.6) is 0 Å². The molecule has 0 spiro atoms. The van der Waals surface area contributed by atoms with Crippen LogP contribution in [0.25, 0.3) is 0 Å². The molecule has 6 nitrogen and oxygen atoms in total. The Labute approximate surface area is 108 Å². The molecule has 0 aromatic heterocycles. The van der Waals surface area contributed by atoms with Crippen molar-refractivity contribution in [1.29, 1.82) is 0 Å². The standard InChI is InChI=1S/C12H23N3O3/c13-12(2-7-18-10-12)11(16)14-3-1-4-15-5-8-17-9-6-15/h1-10,13H2,(H,14,16). The van der Waals surface area contributed by atoms with Crippen LogP contribution in [-0.2, 0) is 14.3 Å². The van der Waals surface area contributed by atoms with E-state index < -0.39 is 5.54 Å². The van der Waals surface area contributed by atoms with Crippen molar-refractivity contribution < 1.29 is 14.3 Å². The van der Waals surface area contributed by atoms with Crippen molar-refractivity contribution in [3.05, 3.63) is 0 Å². The van der Waals surface area contributed by atoms with Crippen molar-refractivity contribution >= 4 is 5.91 Å². The van der Waals surface area contributed by atoms with Crippen molar-refractivity contribution in [2.24, 2.45) is 5.73 Å². The van der Waals surface area contributed by atoms with E-state index in [0.29, 0.717) is 26.2 Å². The van der Waals surface area contributed by atoms with Crippen molar-refractivity contribution in [3.63, 3.8) is 0 Å². The van der Waals surface area contributed by atoms with Crippen LogP contribution < -0.4 is 11.1 Å². The summed E-state index contributed by atoms with van der Waals surface area (Å²) in [5, 5.41) is 2.90. The van der Waals surface area contributed by atoms with Gasteiger partial charge in [0.05, 0.1) is 19.8 Å². The molecule has 0 radical (unpaired) electrons. The molecule has 2 heterocycles. The number of morpholine rings is 1. The van der Waals surface area contributed by atoms with E-state index in [1.807, 2.05) is 0 Å². The van der Waals surface area contributed by atoms with E-state index in [1.54, 1.807) is 0 Å².